The van der Waals surface area contributed by atoms with E-state index in [1.54, 1.807) is 23.2 Å². The Balaban J connectivity index is 1.56. The Labute approximate surface area is 175 Å². The van der Waals surface area contributed by atoms with E-state index in [1.165, 1.54) is 0 Å². The van der Waals surface area contributed by atoms with Crippen LogP contribution < -0.4 is 19.7 Å². The van der Waals surface area contributed by atoms with Gasteiger partial charge in [-0.2, -0.15) is 5.10 Å². The third-order valence-corrected chi connectivity index (χ3v) is 6.15. The summed E-state index contributed by atoms with van der Waals surface area (Å²) in [4.78, 5) is 28.2. The molecular weight excluding hydrogens is 408 g/mol. The van der Waals surface area contributed by atoms with Crippen LogP contribution in [0, 0.1) is 0 Å². The molecule has 9 heteroatoms. The largest absolute Gasteiger partial charge is 0.454 e. The van der Waals surface area contributed by atoms with Crippen molar-refractivity contribution in [2.45, 2.75) is 18.4 Å². The maximum Gasteiger partial charge on any atom is 0.243 e. The molecule has 1 atom stereocenters. The van der Waals surface area contributed by atoms with Crippen LogP contribution in [0.25, 0.3) is 0 Å². The van der Waals surface area contributed by atoms with E-state index in [4.69, 9.17) is 21.1 Å². The number of carbonyl (C=O) groups is 2. The number of anilines is 2. The number of nitrogens with one attached hydrogen (secondary N) is 2. The minimum atomic E-state index is -1.17. The maximum atomic E-state index is 13.9. The van der Waals surface area contributed by atoms with Gasteiger partial charge < -0.3 is 19.7 Å². The molecule has 1 aromatic heterocycles. The van der Waals surface area contributed by atoms with E-state index in [9.17, 15) is 9.59 Å². The third-order valence-electron chi connectivity index (χ3n) is 5.89. The Bertz CT molecular complexity index is 1220. The standard InChI is InChI=1S/C21H15ClN4O4/c22-12-3-1-11(2-4-12)9-26-15-6-17-16(29-10-30-17)5-13(15)21(20(26)28)7-18(27)24-19-14(21)8-23-25-19/h1-6,8H,7,9-10H2,(H2,23,24,25,27). The number of aromatic amines is 1. The number of H-pyrrole nitrogens is 1. The molecule has 0 bridgehead atoms. The molecule has 2 N–H and O–H groups in total. The van der Waals surface area contributed by atoms with Crippen LogP contribution in [0.5, 0.6) is 11.5 Å². The lowest BCUT2D eigenvalue weighted by Crippen LogP contribution is -2.46. The molecule has 3 aliphatic rings. The van der Waals surface area contributed by atoms with Gasteiger partial charge in [0.05, 0.1) is 18.4 Å². The zero-order valence-electron chi connectivity index (χ0n) is 15.6. The minimum Gasteiger partial charge on any atom is -0.454 e. The van der Waals surface area contributed by atoms with Gasteiger partial charge in [0, 0.05) is 28.6 Å². The summed E-state index contributed by atoms with van der Waals surface area (Å²) in [6.45, 7) is 0.451. The van der Waals surface area contributed by atoms with Gasteiger partial charge in [-0.3, -0.25) is 14.7 Å². The number of ether oxygens (including phenoxy) is 2. The summed E-state index contributed by atoms with van der Waals surface area (Å²) in [6.07, 6.45) is 1.59. The monoisotopic (exact) mass is 422 g/mol. The fourth-order valence-corrected chi connectivity index (χ4v) is 4.66. The molecule has 1 spiro atoms. The maximum absolute atomic E-state index is 13.9. The lowest BCUT2D eigenvalue weighted by Gasteiger charge is -2.32. The molecule has 6 rings (SSSR count). The zero-order valence-corrected chi connectivity index (χ0v) is 16.3. The normalized spacial score (nSPS) is 21.0. The molecule has 4 heterocycles. The molecule has 0 fully saturated rings. The highest BCUT2D eigenvalue weighted by Crippen LogP contribution is 2.55. The van der Waals surface area contributed by atoms with Gasteiger partial charge in [-0.1, -0.05) is 23.7 Å². The lowest BCUT2D eigenvalue weighted by molar-refractivity contribution is -0.126. The molecule has 3 aliphatic heterocycles. The predicted octanol–water partition coefficient (Wildman–Crippen LogP) is 2.97. The van der Waals surface area contributed by atoms with Gasteiger partial charge in [0.15, 0.2) is 11.5 Å². The highest BCUT2D eigenvalue weighted by molar-refractivity contribution is 6.30. The SMILES string of the molecule is O=C1CC2(C(=O)N(Cc3ccc(Cl)cc3)c3cc4c(cc32)OCO4)c2cn[nH]c2N1. The molecule has 0 saturated carbocycles. The Morgan fingerprint density at radius 3 is 2.67 bits per heavy atom. The second-order valence-corrected chi connectivity index (χ2v) is 7.97. The summed E-state index contributed by atoms with van der Waals surface area (Å²) in [6, 6.07) is 11.0. The van der Waals surface area contributed by atoms with Crippen molar-refractivity contribution in [2.24, 2.45) is 0 Å². The molecule has 8 nitrogen and oxygen atoms in total. The van der Waals surface area contributed by atoms with E-state index in [2.05, 4.69) is 15.5 Å². The van der Waals surface area contributed by atoms with Crippen molar-refractivity contribution in [1.29, 1.82) is 0 Å². The third kappa shape index (κ3) is 2.25. The molecule has 150 valence electrons. The first kappa shape index (κ1) is 17.3. The number of carbonyl (C=O) groups excluding carboxylic acids is 2. The number of nitrogens with zero attached hydrogens (tertiary/aromatic N) is 2. The number of fused-ring (bicyclic) bond motifs is 5. The second-order valence-electron chi connectivity index (χ2n) is 7.53. The van der Waals surface area contributed by atoms with Gasteiger partial charge in [-0.05, 0) is 23.8 Å². The van der Waals surface area contributed by atoms with Gasteiger partial charge in [0.1, 0.15) is 11.2 Å². The van der Waals surface area contributed by atoms with Crippen molar-refractivity contribution in [3.05, 3.63) is 64.3 Å². The van der Waals surface area contributed by atoms with Crippen LogP contribution >= 0.6 is 11.6 Å². The average molecular weight is 423 g/mol. The average Bonchev–Trinajstić information content (AvgIpc) is 3.43. The molecule has 0 aliphatic carbocycles. The summed E-state index contributed by atoms with van der Waals surface area (Å²) >= 11 is 6.01. The molecule has 1 unspecified atom stereocenters. The summed E-state index contributed by atoms with van der Waals surface area (Å²) in [7, 11) is 0. The van der Waals surface area contributed by atoms with Gasteiger partial charge >= 0.3 is 0 Å². The van der Waals surface area contributed by atoms with Crippen LogP contribution in [-0.4, -0.2) is 28.8 Å². The predicted molar refractivity (Wildman–Crippen MR) is 108 cm³/mol. The Hall–Kier alpha value is -3.52. The number of hydrogen-bond donors (Lipinski definition) is 2. The first-order valence-electron chi connectivity index (χ1n) is 9.40. The van der Waals surface area contributed by atoms with Crippen LogP contribution in [0.2, 0.25) is 5.02 Å². The van der Waals surface area contributed by atoms with Crippen molar-refractivity contribution < 1.29 is 19.1 Å². The van der Waals surface area contributed by atoms with Crippen LogP contribution in [-0.2, 0) is 21.5 Å². The molecule has 3 aromatic rings. The molecule has 2 amide bonds. The number of benzene rings is 2. The summed E-state index contributed by atoms with van der Waals surface area (Å²) in [5.74, 6) is 1.14. The van der Waals surface area contributed by atoms with E-state index < -0.39 is 5.41 Å². The highest BCUT2D eigenvalue weighted by Gasteiger charge is 2.57. The molecular formula is C21H15ClN4O4. The summed E-state index contributed by atoms with van der Waals surface area (Å²) < 4.78 is 11.1. The molecule has 0 radical (unpaired) electrons. The number of halogens is 1. The number of amides is 2. The Morgan fingerprint density at radius 1 is 1.10 bits per heavy atom. The highest BCUT2D eigenvalue weighted by atomic mass is 35.5. The van der Waals surface area contributed by atoms with E-state index in [-0.39, 0.29) is 25.0 Å². The number of rotatable bonds is 2. The van der Waals surface area contributed by atoms with Gasteiger partial charge in [0.2, 0.25) is 18.6 Å². The van der Waals surface area contributed by atoms with Gasteiger partial charge in [-0.25, -0.2) is 0 Å². The van der Waals surface area contributed by atoms with E-state index >= 15 is 0 Å². The van der Waals surface area contributed by atoms with Crippen molar-refractivity contribution in [2.75, 3.05) is 17.0 Å². The first-order chi connectivity index (χ1) is 14.6. The Kier molecular flexibility index (Phi) is 3.47. The van der Waals surface area contributed by atoms with E-state index in [0.29, 0.717) is 45.7 Å². The van der Waals surface area contributed by atoms with Crippen LogP contribution in [0.3, 0.4) is 0 Å². The minimum absolute atomic E-state index is 0.0118. The van der Waals surface area contributed by atoms with Crippen molar-refractivity contribution in [3.63, 3.8) is 0 Å². The summed E-state index contributed by atoms with van der Waals surface area (Å²) in [5.41, 5.74) is 1.80. The Morgan fingerprint density at radius 2 is 1.87 bits per heavy atom. The fourth-order valence-electron chi connectivity index (χ4n) is 4.54. The van der Waals surface area contributed by atoms with Crippen molar-refractivity contribution in [3.8, 4) is 11.5 Å². The second kappa shape index (κ2) is 5.99. The van der Waals surface area contributed by atoms with Crippen LogP contribution in [0.4, 0.5) is 11.5 Å². The quantitative estimate of drug-likeness (QED) is 0.661. The number of aromatic nitrogens is 2. The van der Waals surface area contributed by atoms with Crippen LogP contribution in [0.1, 0.15) is 23.1 Å². The van der Waals surface area contributed by atoms with Crippen molar-refractivity contribution >= 4 is 34.9 Å². The number of hydrogen-bond acceptors (Lipinski definition) is 5. The van der Waals surface area contributed by atoms with E-state index in [1.807, 2.05) is 24.3 Å². The lowest BCUT2D eigenvalue weighted by atomic mass is 9.71. The molecule has 30 heavy (non-hydrogen) atoms. The van der Waals surface area contributed by atoms with Crippen LogP contribution in [0.15, 0.2) is 42.6 Å². The smallest absolute Gasteiger partial charge is 0.243 e. The zero-order chi connectivity index (χ0) is 20.5. The molecule has 0 saturated heterocycles. The first-order valence-corrected chi connectivity index (χ1v) is 9.78. The van der Waals surface area contributed by atoms with Gasteiger partial charge in [0.25, 0.3) is 0 Å². The topological polar surface area (TPSA) is 96.6 Å². The fraction of sp³-hybridized carbons (Fsp3) is 0.190. The van der Waals surface area contributed by atoms with Gasteiger partial charge in [-0.15, -0.1) is 0 Å². The van der Waals surface area contributed by atoms with E-state index in [0.717, 1.165) is 5.56 Å². The van der Waals surface area contributed by atoms with Crippen molar-refractivity contribution in [1.82, 2.24) is 10.2 Å². The molecule has 2 aromatic carbocycles. The summed E-state index contributed by atoms with van der Waals surface area (Å²) in [5, 5.41) is 10.3.